The van der Waals surface area contributed by atoms with Crippen molar-refractivity contribution in [1.29, 1.82) is 0 Å². The number of hydrogen-bond donors (Lipinski definition) is 2. The second-order valence-corrected chi connectivity index (χ2v) is 7.64. The molecule has 0 unspecified atom stereocenters. The largest absolute Gasteiger partial charge is 0.325 e. The second kappa shape index (κ2) is 8.43. The summed E-state index contributed by atoms with van der Waals surface area (Å²) in [5, 5.41) is 8.47. The fourth-order valence-corrected chi connectivity index (χ4v) is 3.80. The van der Waals surface area contributed by atoms with Crippen LogP contribution in [-0.4, -0.2) is 11.9 Å². The summed E-state index contributed by atoms with van der Waals surface area (Å²) < 4.78 is 0.937. The summed E-state index contributed by atoms with van der Waals surface area (Å²) in [6, 6.07) is 21.6. The summed E-state index contributed by atoms with van der Waals surface area (Å²) in [6.45, 7) is 1.89. The van der Waals surface area contributed by atoms with Crippen LogP contribution in [0.1, 0.15) is 23.4 Å². The Balaban J connectivity index is 1.74. The highest BCUT2D eigenvalue weighted by Crippen LogP contribution is 2.26. The molecule has 25 heavy (non-hydrogen) atoms. The van der Waals surface area contributed by atoms with Crippen molar-refractivity contribution in [1.82, 2.24) is 5.32 Å². The quantitative estimate of drug-likeness (QED) is 0.580. The molecule has 0 fully saturated rings. The predicted octanol–water partition coefficient (Wildman–Crippen LogP) is 5.22. The maximum atomic E-state index is 12.6. The lowest BCUT2D eigenvalue weighted by molar-refractivity contribution is -0.117. The number of halogens is 1. The summed E-state index contributed by atoms with van der Waals surface area (Å²) in [6.07, 6.45) is 0. The molecule has 0 saturated carbocycles. The van der Waals surface area contributed by atoms with E-state index in [1.54, 1.807) is 11.3 Å². The Hall–Kier alpha value is -1.95. The zero-order valence-corrected chi connectivity index (χ0v) is 16.2. The molecule has 3 aromatic rings. The van der Waals surface area contributed by atoms with Crippen LogP contribution in [-0.2, 0) is 4.79 Å². The number of amides is 1. The molecular weight excluding hydrogens is 396 g/mol. The van der Waals surface area contributed by atoms with Crippen LogP contribution in [0.3, 0.4) is 0 Å². The molecule has 1 heterocycles. The van der Waals surface area contributed by atoms with Gasteiger partial charge in [0.25, 0.3) is 0 Å². The van der Waals surface area contributed by atoms with Crippen molar-refractivity contribution in [3.05, 3.63) is 87.0 Å². The van der Waals surface area contributed by atoms with Gasteiger partial charge in [-0.15, -0.1) is 11.3 Å². The number of thiophene rings is 1. The average molecular weight is 415 g/mol. The van der Waals surface area contributed by atoms with Gasteiger partial charge in [0, 0.05) is 15.0 Å². The Morgan fingerprint density at radius 2 is 1.84 bits per heavy atom. The Labute approximate surface area is 160 Å². The van der Waals surface area contributed by atoms with E-state index in [1.807, 2.05) is 55.5 Å². The Kier molecular flexibility index (Phi) is 6.02. The van der Waals surface area contributed by atoms with Gasteiger partial charge in [0.15, 0.2) is 0 Å². The monoisotopic (exact) mass is 414 g/mol. The fraction of sp³-hybridized carbons (Fsp3) is 0.150. The van der Waals surface area contributed by atoms with Gasteiger partial charge in [-0.1, -0.05) is 58.4 Å². The van der Waals surface area contributed by atoms with Crippen LogP contribution in [0.4, 0.5) is 5.69 Å². The first-order chi connectivity index (χ1) is 12.1. The van der Waals surface area contributed by atoms with E-state index in [0.29, 0.717) is 0 Å². The minimum absolute atomic E-state index is 0.00976. The third kappa shape index (κ3) is 4.78. The first-order valence-electron chi connectivity index (χ1n) is 8.04. The highest BCUT2D eigenvalue weighted by Gasteiger charge is 2.21. The maximum Gasteiger partial charge on any atom is 0.241 e. The first kappa shape index (κ1) is 17.9. The smallest absolute Gasteiger partial charge is 0.241 e. The van der Waals surface area contributed by atoms with Gasteiger partial charge >= 0.3 is 0 Å². The van der Waals surface area contributed by atoms with Gasteiger partial charge in [0.05, 0.1) is 12.1 Å². The van der Waals surface area contributed by atoms with Gasteiger partial charge in [0.2, 0.25) is 5.91 Å². The molecule has 2 atom stereocenters. The van der Waals surface area contributed by atoms with Gasteiger partial charge in [-0.05, 0) is 42.1 Å². The van der Waals surface area contributed by atoms with Crippen molar-refractivity contribution < 1.29 is 4.79 Å². The summed E-state index contributed by atoms with van der Waals surface area (Å²) in [5.41, 5.74) is 1.92. The lowest BCUT2D eigenvalue weighted by Gasteiger charge is -2.22. The van der Waals surface area contributed by atoms with Crippen LogP contribution >= 0.6 is 27.3 Å². The van der Waals surface area contributed by atoms with Gasteiger partial charge in [-0.25, -0.2) is 0 Å². The van der Waals surface area contributed by atoms with Crippen LogP contribution in [0.5, 0.6) is 0 Å². The molecule has 0 aliphatic carbocycles. The van der Waals surface area contributed by atoms with Crippen molar-refractivity contribution in [2.45, 2.75) is 19.0 Å². The molecule has 1 amide bonds. The third-order valence-electron chi connectivity index (χ3n) is 3.86. The predicted molar refractivity (Wildman–Crippen MR) is 108 cm³/mol. The molecule has 5 heteroatoms. The molecule has 3 nitrogen and oxygen atoms in total. The van der Waals surface area contributed by atoms with Gasteiger partial charge in [0.1, 0.15) is 0 Å². The topological polar surface area (TPSA) is 41.1 Å². The van der Waals surface area contributed by atoms with Crippen LogP contribution in [0.25, 0.3) is 0 Å². The van der Waals surface area contributed by atoms with E-state index >= 15 is 0 Å². The number of hydrogen-bond acceptors (Lipinski definition) is 3. The molecule has 2 N–H and O–H groups in total. The average Bonchev–Trinajstić information content (AvgIpc) is 3.14. The maximum absolute atomic E-state index is 12.6. The van der Waals surface area contributed by atoms with Crippen molar-refractivity contribution >= 4 is 38.9 Å². The van der Waals surface area contributed by atoms with E-state index in [1.165, 1.54) is 4.88 Å². The number of carbonyl (C=O) groups excluding carboxylic acids is 1. The molecule has 128 valence electrons. The summed E-state index contributed by atoms with van der Waals surface area (Å²) in [7, 11) is 0. The number of carbonyl (C=O) groups is 1. The highest BCUT2D eigenvalue weighted by atomic mass is 79.9. The first-order valence-corrected chi connectivity index (χ1v) is 9.71. The molecule has 2 aromatic carbocycles. The summed E-state index contributed by atoms with van der Waals surface area (Å²) in [5.74, 6) is -0.0596. The van der Waals surface area contributed by atoms with Crippen molar-refractivity contribution in [3.63, 3.8) is 0 Å². The van der Waals surface area contributed by atoms with Gasteiger partial charge < -0.3 is 5.32 Å². The van der Waals surface area contributed by atoms with Crippen LogP contribution in [0.2, 0.25) is 0 Å². The molecule has 3 rings (SSSR count). The fourth-order valence-electron chi connectivity index (χ4n) is 2.59. The summed E-state index contributed by atoms with van der Waals surface area (Å²) >= 11 is 5.11. The van der Waals surface area contributed by atoms with Crippen LogP contribution in [0.15, 0.2) is 76.6 Å². The van der Waals surface area contributed by atoms with Gasteiger partial charge in [-0.2, -0.15) is 0 Å². The lowest BCUT2D eigenvalue weighted by Crippen LogP contribution is -2.40. The van der Waals surface area contributed by atoms with Crippen LogP contribution in [0, 0.1) is 0 Å². The standard InChI is InChI=1S/C20H19BrN2OS/c1-14(20(24)23-17-10-5-9-16(21)13-17)22-19(18-11-6-12-25-18)15-7-3-2-4-8-15/h2-14,19,22H,1H3,(H,23,24)/t14-,19-/m1/s1. The Bertz CT molecular complexity index is 821. The van der Waals surface area contributed by atoms with Crippen LogP contribution < -0.4 is 10.6 Å². The van der Waals surface area contributed by atoms with Gasteiger partial charge in [-0.3, -0.25) is 10.1 Å². The SMILES string of the molecule is C[C@@H](N[C@H](c1ccccc1)c1cccs1)C(=O)Nc1cccc(Br)c1. The van der Waals surface area contributed by atoms with Crippen molar-refractivity contribution in [3.8, 4) is 0 Å². The number of anilines is 1. The molecule has 0 spiro atoms. The number of nitrogens with one attached hydrogen (secondary N) is 2. The van der Waals surface area contributed by atoms with Crippen molar-refractivity contribution in [2.24, 2.45) is 0 Å². The minimum Gasteiger partial charge on any atom is -0.325 e. The van der Waals surface area contributed by atoms with E-state index in [9.17, 15) is 4.79 Å². The Morgan fingerprint density at radius 3 is 2.52 bits per heavy atom. The molecule has 0 aliphatic heterocycles. The van der Waals surface area contributed by atoms with E-state index < -0.39 is 0 Å². The van der Waals surface area contributed by atoms with E-state index in [0.717, 1.165) is 15.7 Å². The number of benzene rings is 2. The van der Waals surface area contributed by atoms with E-state index in [2.05, 4.69) is 50.1 Å². The number of rotatable bonds is 6. The van der Waals surface area contributed by atoms with Crippen molar-refractivity contribution in [2.75, 3.05) is 5.32 Å². The zero-order valence-electron chi connectivity index (χ0n) is 13.8. The normalized spacial score (nSPS) is 13.2. The molecular formula is C20H19BrN2OS. The summed E-state index contributed by atoms with van der Waals surface area (Å²) in [4.78, 5) is 13.8. The third-order valence-corrected chi connectivity index (χ3v) is 5.29. The van der Waals surface area contributed by atoms with E-state index in [4.69, 9.17) is 0 Å². The highest BCUT2D eigenvalue weighted by molar-refractivity contribution is 9.10. The zero-order chi connectivity index (χ0) is 17.6. The molecule has 0 bridgehead atoms. The molecule has 0 radical (unpaired) electrons. The molecule has 1 aromatic heterocycles. The second-order valence-electron chi connectivity index (χ2n) is 5.75. The molecule has 0 saturated heterocycles. The Morgan fingerprint density at radius 1 is 1.04 bits per heavy atom. The minimum atomic E-state index is -0.341. The van der Waals surface area contributed by atoms with E-state index in [-0.39, 0.29) is 18.0 Å². The lowest BCUT2D eigenvalue weighted by atomic mass is 10.0. The molecule has 0 aliphatic rings.